The molecule has 798 valence electrons. The van der Waals surface area contributed by atoms with E-state index in [-0.39, 0.29) is 147 Å². The quantitative estimate of drug-likeness (QED) is 0.0231. The first-order chi connectivity index (χ1) is 70.1. The van der Waals surface area contributed by atoms with Crippen molar-refractivity contribution in [1.29, 1.82) is 0 Å². The molecule has 1 saturated carbocycles. The second-order valence-corrected chi connectivity index (χ2v) is 40.6. The van der Waals surface area contributed by atoms with E-state index in [2.05, 4.69) is 79.8 Å². The zero-order valence-corrected chi connectivity index (χ0v) is 85.4. The molecular weight excluding hydrogens is 1940 g/mol. The average Bonchev–Trinajstić information content (AvgIpc) is 1.65. The topological polar surface area (TPSA) is 627 Å². The third kappa shape index (κ3) is 34.3. The van der Waals surface area contributed by atoms with Crippen LogP contribution in [0.4, 0.5) is 4.79 Å². The maximum atomic E-state index is 16.1. The molecule has 2 aromatic heterocycles. The minimum atomic E-state index is -2.08. The number of nitrogens with one attached hydrogen (secondary N) is 15. The fourth-order valence-corrected chi connectivity index (χ4v) is 20.7. The molecule has 0 radical (unpaired) electrons. The second kappa shape index (κ2) is 55.8. The number of likely N-dealkylation sites (tertiary alicyclic amines) is 1. The summed E-state index contributed by atoms with van der Waals surface area (Å²) in [4.78, 5) is 273. The minimum Gasteiger partial charge on any atom is -0.481 e. The number of rotatable bonds is 30. The first-order valence-electron chi connectivity index (χ1n) is 50.3. The number of carbonyl (C=O) groups excluding carboxylic acids is 16. The third-order valence-electron chi connectivity index (χ3n) is 27.4. The Kier molecular flexibility index (Phi) is 43.8. The van der Waals surface area contributed by atoms with Gasteiger partial charge in [0, 0.05) is 69.5 Å². The van der Waals surface area contributed by atoms with Crippen LogP contribution >= 0.6 is 22.7 Å². The Morgan fingerprint density at radius 2 is 1.19 bits per heavy atom. The molecule has 21 N–H and O–H groups in total. The van der Waals surface area contributed by atoms with Gasteiger partial charge in [0.2, 0.25) is 88.6 Å². The van der Waals surface area contributed by atoms with Gasteiger partial charge in [0.05, 0.1) is 42.6 Å². The molecule has 3 aromatic carbocycles. The molecule has 2 saturated heterocycles. The lowest BCUT2D eigenvalue weighted by Crippen LogP contribution is -2.68. The highest BCUT2D eigenvalue weighted by Crippen LogP contribution is 2.36. The monoisotopic (exact) mass is 2080 g/mol. The number of cyclic esters (lactones) is 1. The van der Waals surface area contributed by atoms with E-state index in [0.29, 0.717) is 56.9 Å². The summed E-state index contributed by atoms with van der Waals surface area (Å²) in [5, 5.41) is 92.0. The van der Waals surface area contributed by atoms with Crippen molar-refractivity contribution in [2.45, 2.75) is 310 Å². The van der Waals surface area contributed by atoms with Crippen molar-refractivity contribution in [1.82, 2.24) is 89.6 Å². The number of hydrogen-bond donors (Lipinski definition) is 20. The summed E-state index contributed by atoms with van der Waals surface area (Å²) in [6, 6.07) is 6.30. The second-order valence-electron chi connectivity index (χ2n) is 39.0. The molecule has 2 bridgehead atoms. The maximum absolute atomic E-state index is 16.1. The Balaban J connectivity index is 0.906. The number of thiophene rings is 2. The van der Waals surface area contributed by atoms with Gasteiger partial charge in [-0.1, -0.05) is 104 Å². The van der Waals surface area contributed by atoms with E-state index in [9.17, 15) is 92.3 Å². The van der Waals surface area contributed by atoms with Gasteiger partial charge in [0.1, 0.15) is 71.7 Å². The molecule has 2 spiro atoms. The number of nitrogens with two attached hydrogens (primary N) is 1. The number of fused-ring (bicyclic) bond motifs is 3. The molecule has 44 heteroatoms. The number of amides is 16. The lowest BCUT2D eigenvalue weighted by atomic mass is 9.81. The highest BCUT2D eigenvalue weighted by Gasteiger charge is 2.51. The van der Waals surface area contributed by atoms with Gasteiger partial charge in [-0.3, -0.25) is 86.8 Å². The van der Waals surface area contributed by atoms with Crippen molar-refractivity contribution in [2.24, 2.45) is 11.7 Å². The first-order valence-corrected chi connectivity index (χ1v) is 52.1. The zero-order chi connectivity index (χ0) is 107. The Morgan fingerprint density at radius 1 is 0.578 bits per heavy atom. The lowest BCUT2D eigenvalue weighted by Gasteiger charge is -2.42. The number of ether oxygens (including phenoxy) is 1. The smallest absolute Gasteiger partial charge is 0.409 e. The number of benzene rings is 3. The van der Waals surface area contributed by atoms with Crippen LogP contribution in [-0.4, -0.2) is 278 Å². The highest BCUT2D eigenvalue weighted by atomic mass is 32.1. The van der Waals surface area contributed by atoms with Crippen LogP contribution < -0.4 is 85.5 Å². The van der Waals surface area contributed by atoms with Gasteiger partial charge >= 0.3 is 24.0 Å². The van der Waals surface area contributed by atoms with E-state index in [1.807, 2.05) is 52.5 Å². The first kappa shape index (κ1) is 115. The molecule has 1 unspecified atom stereocenters. The van der Waals surface area contributed by atoms with Crippen LogP contribution in [0.25, 0.3) is 10.1 Å². The number of unbranched alkanes of at least 4 members (excludes halogenated alkanes) is 1. The predicted molar refractivity (Wildman–Crippen MR) is 543 cm³/mol. The summed E-state index contributed by atoms with van der Waals surface area (Å²) in [5.74, 6) is -17.9. The lowest BCUT2D eigenvalue weighted by molar-refractivity contribution is -0.146. The summed E-state index contributed by atoms with van der Waals surface area (Å²) in [6.45, 7) is 6.59. The maximum Gasteiger partial charge on any atom is 0.409 e. The number of carbonyl (C=O) groups is 19. The molecule has 3 fully saturated rings. The fourth-order valence-electron chi connectivity index (χ4n) is 19.0. The van der Waals surface area contributed by atoms with E-state index < -0.39 is 233 Å². The summed E-state index contributed by atoms with van der Waals surface area (Å²) in [5.41, 5.74) is 1.93. The molecule has 1 aliphatic carbocycles. The van der Waals surface area contributed by atoms with E-state index in [1.165, 1.54) is 91.4 Å². The Hall–Kier alpha value is -13.6. The molecule has 15 atom stereocenters. The molecule has 6 heterocycles. The van der Waals surface area contributed by atoms with Crippen molar-refractivity contribution in [2.75, 3.05) is 39.8 Å². The van der Waals surface area contributed by atoms with E-state index in [1.54, 1.807) is 55.6 Å². The highest BCUT2D eigenvalue weighted by molar-refractivity contribution is 7.17. The zero-order valence-electron chi connectivity index (χ0n) is 83.8. The number of primary amides is 1. The van der Waals surface area contributed by atoms with Crippen LogP contribution in [0.3, 0.4) is 0 Å². The summed E-state index contributed by atoms with van der Waals surface area (Å²) in [6.07, 6.45) is 5.89. The van der Waals surface area contributed by atoms with Gasteiger partial charge in [0.15, 0.2) is 0 Å². The minimum absolute atomic E-state index is 0.00378. The Labute approximate surface area is 860 Å². The van der Waals surface area contributed by atoms with Crippen molar-refractivity contribution in [3.05, 3.63) is 153 Å². The number of likely N-dealkylation sites (N-methyl/N-ethyl adjacent to an activating group) is 1. The van der Waals surface area contributed by atoms with E-state index >= 15 is 19.2 Å². The summed E-state index contributed by atoms with van der Waals surface area (Å²) in [7, 11) is 1.62. The predicted octanol–water partition coefficient (Wildman–Crippen LogP) is 3.39. The van der Waals surface area contributed by atoms with E-state index in [4.69, 9.17) is 10.5 Å². The summed E-state index contributed by atoms with van der Waals surface area (Å²) >= 11 is 2.90. The molecular formula is C103H140N18O24S2. The third-order valence-corrected chi connectivity index (χ3v) is 29.1. The van der Waals surface area contributed by atoms with Gasteiger partial charge in [-0.25, -0.2) is 9.59 Å². The molecule has 147 heavy (non-hydrogen) atoms. The molecule has 16 amide bonds. The van der Waals surface area contributed by atoms with Crippen LogP contribution in [-0.2, 0) is 112 Å². The van der Waals surface area contributed by atoms with Gasteiger partial charge < -0.3 is 115 Å². The van der Waals surface area contributed by atoms with Crippen LogP contribution in [0.1, 0.15) is 221 Å². The number of aliphatic hydroxyl groups is 1. The Morgan fingerprint density at radius 3 is 1.86 bits per heavy atom. The number of aromatic carboxylic acids is 1. The van der Waals surface area contributed by atoms with Gasteiger partial charge in [0.25, 0.3) is 0 Å². The van der Waals surface area contributed by atoms with Crippen LogP contribution in [0.15, 0.2) is 125 Å². The molecule has 5 aliphatic rings. The number of aliphatic hydroxyl groups excluding tert-OH is 1. The van der Waals surface area contributed by atoms with Crippen molar-refractivity contribution in [3.63, 3.8) is 0 Å². The van der Waals surface area contributed by atoms with Crippen LogP contribution in [0, 0.1) is 5.92 Å². The van der Waals surface area contributed by atoms with Crippen LogP contribution in [0.2, 0.25) is 0 Å². The largest absolute Gasteiger partial charge is 0.481 e. The fraction of sp³-hybridized carbons (Fsp3) is 0.544. The van der Waals surface area contributed by atoms with Crippen LogP contribution in [0.5, 0.6) is 0 Å². The SMILES string of the molecule is CN[C@@H](Cc1ccsc1)C(=O)N[C@@H](Cc1csc2ccccc12)C(=O)N[C@@H](CCC(=O)NCCCC[C@@H]1NC(=O)[C@H](Cc2ccccc2)NC(=O)[C@H](C)NC(=O)C(C)(C)NC(=O)[C@H](Cc2cccc(C(=O)O)c2)NC(=O)[C@H](CC(=O)O)NC(=O)[C@@]2(CCC/C=C\CCCOC(=O)N3CC[C@@H](C3)NC1=O)CCC/C=C\C[C@]1(CCCN1C(C)=O)C(=O)N[C@@H](CC(=O)O)C(=O)N[C@@H](C1CCCCC1)C(O)N2)C(=O)N[C@@H](C)C(N)=O. The summed E-state index contributed by atoms with van der Waals surface area (Å²) < 4.78 is 6.67. The molecule has 5 aromatic rings. The number of carboxylic acid groups (broad SMARTS) is 3. The number of aliphatic carboxylic acids is 2. The van der Waals surface area contributed by atoms with Gasteiger partial charge in [-0.15, -0.1) is 11.3 Å². The molecule has 42 nitrogen and oxygen atoms in total. The number of hydrogen-bond acceptors (Lipinski definition) is 25. The number of allylic oxidation sites excluding steroid dienone is 3. The molecule has 10 rings (SSSR count). The van der Waals surface area contributed by atoms with E-state index in [0.717, 1.165) is 27.6 Å². The molecule has 4 aliphatic heterocycles. The standard InChI is InChI=1S/C103H140N18O24S2/c1-61(85(104)128)107-87(130)73(111-91(134)77(55-69-60-147-80-37-20-19-35-71(69)80)114-89(132)74(105-6)54-66-41-50-146-59-66)38-39-81(123)106-46-25-21-36-72-88(131)109-70-40-48-120(58-70)100(144)145-49-26-12-8-7-9-22-42-102(43-23-10-11-24-44-103(45-28-47-121(103)63(3)122)99(143)116-79(57-83(126)127)93(136)117-84(95(138)119-102)67-32-17-14-18-33-67)98(142)115-78(56-82(124)125)92(135)113-76(53-65-31-27-34-68(51-65)96(139)140)94(137)118-101(4,5)97(141)108-62(2)86(129)112-75(90(133)110-72)52-64-29-15-13-16-30-64/h7-8,11,13,15-16,19-20,24,27,29-31,34-35,37,41,50-51,59-62,67,70,72-79,84,95,105,119,138H,9-10,12,14,17-18,21-23,25-26,28,32-33,36,38-40,42-49,52-58H2,1-6H3,(H2,104,128)(H,106,123)(H,107,130)(H,108,141)(H,109,131)(H,110,133)(H,111,134)(H,112,129)(H,113,135)(H,114,132)(H,115,142)(H,116,143)(H,117,136)(H,118,137)(H,124,125)(H,126,127)(H,139,140)/b8-7-,24-11-/t61-,62-,70-,72-,73-,74-,75-,76-,77-,78-,79-,84-,95?,102+,103-/m0/s1. The Bertz CT molecular complexity index is 5540. The number of carboxylic acids is 3. The normalized spacial score (nSPS) is 24.9. The average molecular weight is 2080 g/mol. The van der Waals surface area contributed by atoms with Gasteiger partial charge in [-0.05, 0) is 231 Å². The number of nitrogens with zero attached hydrogens (tertiary/aromatic N) is 2. The van der Waals surface area contributed by atoms with Crippen molar-refractivity contribution < 1.29 is 116 Å². The van der Waals surface area contributed by atoms with Crippen molar-refractivity contribution in [3.8, 4) is 0 Å². The van der Waals surface area contributed by atoms with Crippen molar-refractivity contribution >= 4 is 145 Å². The van der Waals surface area contributed by atoms with Gasteiger partial charge in [-0.2, -0.15) is 11.3 Å².